The molecule has 1 aliphatic heterocycles. The summed E-state index contributed by atoms with van der Waals surface area (Å²) < 4.78 is 0. The molecule has 7 heteroatoms. The predicted octanol–water partition coefficient (Wildman–Crippen LogP) is 1.79. The molecule has 7 nitrogen and oxygen atoms in total. The summed E-state index contributed by atoms with van der Waals surface area (Å²) in [6.07, 6.45) is 5.96. The first kappa shape index (κ1) is 16.6. The highest BCUT2D eigenvalue weighted by Crippen LogP contribution is 2.47. The Kier molecular flexibility index (Phi) is 3.68. The van der Waals surface area contributed by atoms with Crippen LogP contribution in [0.1, 0.15) is 32.9 Å². The van der Waals surface area contributed by atoms with E-state index in [0.29, 0.717) is 25.1 Å². The van der Waals surface area contributed by atoms with Gasteiger partial charge in [0.05, 0.1) is 17.7 Å². The third-order valence-corrected chi connectivity index (χ3v) is 5.50. The minimum atomic E-state index is -0.601. The number of pyridine rings is 1. The quantitative estimate of drug-likeness (QED) is 0.732. The van der Waals surface area contributed by atoms with Gasteiger partial charge in [0, 0.05) is 18.1 Å². The van der Waals surface area contributed by atoms with E-state index in [1.807, 2.05) is 24.3 Å². The molecule has 2 aromatic heterocycles. The normalized spacial score (nSPS) is 19.2. The second-order valence-corrected chi connectivity index (χ2v) is 7.16. The highest BCUT2D eigenvalue weighted by Gasteiger charge is 2.50. The topological polar surface area (TPSA) is 96.9 Å². The van der Waals surface area contributed by atoms with Crippen LogP contribution in [0.4, 0.5) is 5.69 Å². The lowest BCUT2D eigenvalue weighted by molar-refractivity contribution is -0.120. The van der Waals surface area contributed by atoms with Gasteiger partial charge in [0.1, 0.15) is 12.0 Å². The molecule has 0 saturated carbocycles. The average Bonchev–Trinajstić information content (AvgIpc) is 3.24. The fourth-order valence-electron chi connectivity index (χ4n) is 4.09. The first-order valence-electron chi connectivity index (χ1n) is 9.07. The summed E-state index contributed by atoms with van der Waals surface area (Å²) >= 11 is 0. The zero-order chi connectivity index (χ0) is 19.1. The Morgan fingerprint density at radius 2 is 2.00 bits per heavy atom. The maximum atomic E-state index is 12.8. The molecule has 1 aromatic carbocycles. The van der Waals surface area contributed by atoms with Crippen molar-refractivity contribution in [3.05, 3.63) is 83.2 Å². The maximum Gasteiger partial charge on any atom is 0.270 e. The number of hydrogen-bond donors (Lipinski definition) is 2. The van der Waals surface area contributed by atoms with Gasteiger partial charge in [-0.25, -0.2) is 9.97 Å². The Balaban J connectivity index is 1.38. The van der Waals surface area contributed by atoms with Crippen molar-refractivity contribution < 1.29 is 9.59 Å². The molecule has 3 aromatic rings. The second kappa shape index (κ2) is 6.23. The number of nitrogens with zero attached hydrogens (tertiary/aromatic N) is 3. The van der Waals surface area contributed by atoms with E-state index < -0.39 is 5.41 Å². The van der Waals surface area contributed by atoms with E-state index in [2.05, 4.69) is 25.6 Å². The maximum absolute atomic E-state index is 12.8. The molecule has 1 aliphatic carbocycles. The van der Waals surface area contributed by atoms with Gasteiger partial charge in [0.25, 0.3) is 5.91 Å². The van der Waals surface area contributed by atoms with Crippen LogP contribution in [0.25, 0.3) is 0 Å². The second-order valence-electron chi connectivity index (χ2n) is 7.16. The Labute approximate surface area is 161 Å². The highest BCUT2D eigenvalue weighted by molar-refractivity contribution is 6.07. The molecule has 1 spiro atoms. The minimum absolute atomic E-state index is 0.0136. The third-order valence-electron chi connectivity index (χ3n) is 5.50. The van der Waals surface area contributed by atoms with Gasteiger partial charge < -0.3 is 10.6 Å². The van der Waals surface area contributed by atoms with Crippen molar-refractivity contribution in [1.29, 1.82) is 0 Å². The number of benzene rings is 1. The van der Waals surface area contributed by atoms with Crippen molar-refractivity contribution in [2.24, 2.45) is 0 Å². The molecule has 2 N–H and O–H groups in total. The number of anilines is 1. The Bertz CT molecular complexity index is 1100. The van der Waals surface area contributed by atoms with Gasteiger partial charge >= 0.3 is 0 Å². The number of nitrogens with one attached hydrogen (secondary N) is 2. The van der Waals surface area contributed by atoms with Gasteiger partial charge in [0.2, 0.25) is 5.91 Å². The average molecular weight is 371 g/mol. The summed E-state index contributed by atoms with van der Waals surface area (Å²) in [6, 6.07) is 11.3. The molecule has 2 amide bonds. The van der Waals surface area contributed by atoms with Gasteiger partial charge in [-0.05, 0) is 47.7 Å². The summed E-state index contributed by atoms with van der Waals surface area (Å²) in [5.41, 5.74) is 4.37. The van der Waals surface area contributed by atoms with Crippen LogP contribution in [0.15, 0.2) is 55.1 Å². The first-order valence-corrected chi connectivity index (χ1v) is 9.07. The largest absolute Gasteiger partial charge is 0.345 e. The van der Waals surface area contributed by atoms with E-state index in [1.165, 1.54) is 6.33 Å². The fraction of sp³-hybridized carbons (Fsp3) is 0.190. The van der Waals surface area contributed by atoms with Crippen LogP contribution in [-0.4, -0.2) is 26.8 Å². The monoisotopic (exact) mass is 371 g/mol. The molecule has 1 atom stereocenters. The van der Waals surface area contributed by atoms with Crippen molar-refractivity contribution >= 4 is 17.5 Å². The molecule has 3 heterocycles. The summed E-state index contributed by atoms with van der Waals surface area (Å²) in [5.74, 6) is -0.252. The highest BCUT2D eigenvalue weighted by atomic mass is 16.2. The lowest BCUT2D eigenvalue weighted by Crippen LogP contribution is -2.35. The van der Waals surface area contributed by atoms with E-state index in [9.17, 15) is 9.59 Å². The van der Waals surface area contributed by atoms with Crippen molar-refractivity contribution in [2.45, 2.75) is 24.8 Å². The zero-order valence-electron chi connectivity index (χ0n) is 15.0. The summed E-state index contributed by atoms with van der Waals surface area (Å²) in [6.45, 7) is 0.305. The molecule has 5 rings (SSSR count). The lowest BCUT2D eigenvalue weighted by Gasteiger charge is -2.20. The predicted molar refractivity (Wildman–Crippen MR) is 102 cm³/mol. The van der Waals surface area contributed by atoms with E-state index in [1.54, 1.807) is 24.5 Å². The molecule has 1 unspecified atom stereocenters. The van der Waals surface area contributed by atoms with Gasteiger partial charge in [-0.3, -0.25) is 14.6 Å². The number of aromatic nitrogens is 3. The molecule has 2 aliphatic rings. The summed E-state index contributed by atoms with van der Waals surface area (Å²) in [7, 11) is 0. The Hall–Kier alpha value is -3.61. The molecular weight excluding hydrogens is 354 g/mol. The number of fused-ring (bicyclic) bond motifs is 3. The van der Waals surface area contributed by atoms with Crippen molar-refractivity contribution in [1.82, 2.24) is 20.3 Å². The number of hydrogen-bond acceptors (Lipinski definition) is 5. The van der Waals surface area contributed by atoms with Crippen molar-refractivity contribution in [3.63, 3.8) is 0 Å². The van der Waals surface area contributed by atoms with Crippen molar-refractivity contribution in [3.8, 4) is 0 Å². The first-order chi connectivity index (χ1) is 13.7. The Morgan fingerprint density at radius 3 is 2.86 bits per heavy atom. The summed E-state index contributed by atoms with van der Waals surface area (Å²) in [5, 5.41) is 5.81. The smallest absolute Gasteiger partial charge is 0.270 e. The van der Waals surface area contributed by atoms with Crippen LogP contribution in [0.3, 0.4) is 0 Å². The molecule has 138 valence electrons. The lowest BCUT2D eigenvalue weighted by atomic mass is 9.79. The van der Waals surface area contributed by atoms with Crippen LogP contribution in [-0.2, 0) is 29.6 Å². The molecule has 0 bridgehead atoms. The van der Waals surface area contributed by atoms with Crippen LogP contribution >= 0.6 is 0 Å². The number of para-hydroxylation sites is 1. The van der Waals surface area contributed by atoms with E-state index in [4.69, 9.17) is 0 Å². The van der Waals surface area contributed by atoms with E-state index >= 15 is 0 Å². The molecular formula is C21H17N5O2. The van der Waals surface area contributed by atoms with Crippen LogP contribution in [0.2, 0.25) is 0 Å². The SMILES string of the molecule is O=C(NCc1ccncn1)c1cc2c(cn1)CC1(C2)C(=O)Nc2ccccc21. The third kappa shape index (κ3) is 2.55. The van der Waals surface area contributed by atoms with Gasteiger partial charge in [-0.1, -0.05) is 18.2 Å². The number of carbonyl (C=O) groups is 2. The number of amides is 2. The number of rotatable bonds is 3. The number of carbonyl (C=O) groups excluding carboxylic acids is 2. The fourth-order valence-corrected chi connectivity index (χ4v) is 4.09. The van der Waals surface area contributed by atoms with Gasteiger partial charge in [-0.15, -0.1) is 0 Å². The molecule has 28 heavy (non-hydrogen) atoms. The standard InChI is InChI=1S/C21H17N5O2/c27-19(24-11-15-5-6-22-12-25-15)18-7-13-8-21(9-14(13)10-23-18)16-3-1-2-4-17(16)26-20(21)28/h1-7,10,12H,8-9,11H2,(H,24,27)(H,26,28). The van der Waals surface area contributed by atoms with E-state index in [-0.39, 0.29) is 11.8 Å². The molecule has 0 radical (unpaired) electrons. The van der Waals surface area contributed by atoms with Gasteiger partial charge in [-0.2, -0.15) is 0 Å². The Morgan fingerprint density at radius 1 is 1.14 bits per heavy atom. The minimum Gasteiger partial charge on any atom is -0.345 e. The molecule has 0 fully saturated rings. The van der Waals surface area contributed by atoms with Crippen LogP contribution in [0, 0.1) is 0 Å². The van der Waals surface area contributed by atoms with Crippen molar-refractivity contribution in [2.75, 3.05) is 5.32 Å². The summed E-state index contributed by atoms with van der Waals surface area (Å²) in [4.78, 5) is 37.5. The molecule has 0 saturated heterocycles. The van der Waals surface area contributed by atoms with Crippen LogP contribution < -0.4 is 10.6 Å². The van der Waals surface area contributed by atoms with E-state index in [0.717, 1.165) is 28.1 Å². The zero-order valence-corrected chi connectivity index (χ0v) is 15.0. The van der Waals surface area contributed by atoms with Gasteiger partial charge in [0.15, 0.2) is 0 Å². The van der Waals surface area contributed by atoms with Crippen LogP contribution in [0.5, 0.6) is 0 Å².